The van der Waals surface area contributed by atoms with Gasteiger partial charge in [0.2, 0.25) is 5.91 Å². The van der Waals surface area contributed by atoms with Gasteiger partial charge in [0, 0.05) is 50.6 Å². The molecule has 0 spiro atoms. The lowest BCUT2D eigenvalue weighted by atomic mass is 10.1. The van der Waals surface area contributed by atoms with Crippen LogP contribution in [0.4, 0.5) is 0 Å². The van der Waals surface area contributed by atoms with E-state index in [0.717, 1.165) is 11.2 Å². The molecule has 1 saturated heterocycles. The van der Waals surface area contributed by atoms with Crippen molar-refractivity contribution in [3.8, 4) is 0 Å². The average molecular weight is 352 g/mol. The zero-order valence-electron chi connectivity index (χ0n) is 14.6. The topological polar surface area (TPSA) is 82.4 Å². The summed E-state index contributed by atoms with van der Waals surface area (Å²) in [5.41, 5.74) is 2.86. The van der Waals surface area contributed by atoms with Gasteiger partial charge in [-0.3, -0.25) is 9.59 Å². The van der Waals surface area contributed by atoms with Crippen molar-refractivity contribution in [2.24, 2.45) is 0 Å². The third-order valence-corrected chi connectivity index (χ3v) is 4.67. The van der Waals surface area contributed by atoms with Gasteiger partial charge in [-0.05, 0) is 30.3 Å². The molecule has 7 heteroatoms. The number of carbonyl (C=O) groups is 2. The molecule has 134 valence electrons. The SMILES string of the molecule is Cc1nc2ccc(C(=O)N3CCN(C(=O)Cc4ccc[nH]4)CC3)cc2o1. The molecule has 7 nitrogen and oxygen atoms in total. The van der Waals surface area contributed by atoms with E-state index in [-0.39, 0.29) is 11.8 Å². The highest BCUT2D eigenvalue weighted by atomic mass is 16.3. The summed E-state index contributed by atoms with van der Waals surface area (Å²) in [4.78, 5) is 36.0. The lowest BCUT2D eigenvalue weighted by Crippen LogP contribution is -2.51. The van der Waals surface area contributed by atoms with Crippen molar-refractivity contribution >= 4 is 22.9 Å². The molecular formula is C19H20N4O3. The number of aryl methyl sites for hydroxylation is 1. The van der Waals surface area contributed by atoms with Gasteiger partial charge in [-0.1, -0.05) is 0 Å². The first-order valence-electron chi connectivity index (χ1n) is 8.66. The Hall–Kier alpha value is -3.09. The summed E-state index contributed by atoms with van der Waals surface area (Å²) in [6.45, 7) is 3.94. The first-order chi connectivity index (χ1) is 12.6. The molecule has 1 aromatic carbocycles. The third kappa shape index (κ3) is 3.20. The summed E-state index contributed by atoms with van der Waals surface area (Å²) < 4.78 is 5.51. The lowest BCUT2D eigenvalue weighted by Gasteiger charge is -2.34. The molecule has 0 unspecified atom stereocenters. The van der Waals surface area contributed by atoms with Gasteiger partial charge in [0.1, 0.15) is 5.52 Å². The second-order valence-corrected chi connectivity index (χ2v) is 6.46. The highest BCUT2D eigenvalue weighted by Crippen LogP contribution is 2.18. The molecule has 1 fully saturated rings. The van der Waals surface area contributed by atoms with Crippen LogP contribution in [0.3, 0.4) is 0 Å². The summed E-state index contributed by atoms with van der Waals surface area (Å²) in [6, 6.07) is 9.09. The van der Waals surface area contributed by atoms with Crippen LogP contribution in [-0.4, -0.2) is 57.8 Å². The Morgan fingerprint density at radius 2 is 1.92 bits per heavy atom. The molecule has 4 rings (SSSR count). The Kier molecular flexibility index (Phi) is 4.20. The molecule has 0 bridgehead atoms. The van der Waals surface area contributed by atoms with Gasteiger partial charge in [0.15, 0.2) is 11.5 Å². The normalized spacial score (nSPS) is 14.8. The van der Waals surface area contributed by atoms with Gasteiger partial charge in [0.05, 0.1) is 6.42 Å². The number of fused-ring (bicyclic) bond motifs is 1. The highest BCUT2D eigenvalue weighted by Gasteiger charge is 2.25. The van der Waals surface area contributed by atoms with Crippen molar-refractivity contribution < 1.29 is 14.0 Å². The zero-order valence-corrected chi connectivity index (χ0v) is 14.6. The molecule has 1 N–H and O–H groups in total. The fourth-order valence-corrected chi connectivity index (χ4v) is 3.27. The summed E-state index contributed by atoms with van der Waals surface area (Å²) >= 11 is 0. The maximum Gasteiger partial charge on any atom is 0.254 e. The van der Waals surface area contributed by atoms with Gasteiger partial charge in [-0.2, -0.15) is 0 Å². The smallest absolute Gasteiger partial charge is 0.254 e. The number of rotatable bonds is 3. The molecule has 3 heterocycles. The molecule has 0 atom stereocenters. The summed E-state index contributed by atoms with van der Waals surface area (Å²) in [5, 5.41) is 0. The van der Waals surface area contributed by atoms with E-state index >= 15 is 0 Å². The van der Waals surface area contributed by atoms with Crippen LogP contribution in [0.5, 0.6) is 0 Å². The van der Waals surface area contributed by atoms with E-state index in [2.05, 4.69) is 9.97 Å². The maximum atomic E-state index is 12.7. The van der Waals surface area contributed by atoms with Crippen LogP contribution in [0.2, 0.25) is 0 Å². The number of benzene rings is 1. The Bertz CT molecular complexity index is 937. The maximum absolute atomic E-state index is 12.7. The second-order valence-electron chi connectivity index (χ2n) is 6.46. The van der Waals surface area contributed by atoms with Crippen molar-refractivity contribution in [1.82, 2.24) is 19.8 Å². The van der Waals surface area contributed by atoms with Crippen LogP contribution in [-0.2, 0) is 11.2 Å². The highest BCUT2D eigenvalue weighted by molar-refractivity contribution is 5.97. The van der Waals surface area contributed by atoms with Gasteiger partial charge < -0.3 is 19.2 Å². The minimum absolute atomic E-state index is 0.0441. The molecule has 26 heavy (non-hydrogen) atoms. The van der Waals surface area contributed by atoms with Crippen molar-refractivity contribution in [3.63, 3.8) is 0 Å². The van der Waals surface area contributed by atoms with E-state index in [0.29, 0.717) is 49.6 Å². The first kappa shape index (κ1) is 16.4. The van der Waals surface area contributed by atoms with E-state index in [1.54, 1.807) is 30.0 Å². The molecule has 0 saturated carbocycles. The van der Waals surface area contributed by atoms with Crippen LogP contribution in [0.15, 0.2) is 40.9 Å². The average Bonchev–Trinajstić information content (AvgIpc) is 3.28. The number of carbonyl (C=O) groups excluding carboxylic acids is 2. The van der Waals surface area contributed by atoms with Crippen LogP contribution in [0.25, 0.3) is 11.1 Å². The number of hydrogen-bond acceptors (Lipinski definition) is 4. The zero-order chi connectivity index (χ0) is 18.1. The predicted molar refractivity (Wildman–Crippen MR) is 95.7 cm³/mol. The second kappa shape index (κ2) is 6.67. The Morgan fingerprint density at radius 1 is 1.15 bits per heavy atom. The summed E-state index contributed by atoms with van der Waals surface area (Å²) in [6.07, 6.45) is 2.18. The molecule has 3 aromatic rings. The number of hydrogen-bond donors (Lipinski definition) is 1. The van der Waals surface area contributed by atoms with E-state index in [4.69, 9.17) is 4.42 Å². The number of nitrogens with one attached hydrogen (secondary N) is 1. The largest absolute Gasteiger partial charge is 0.441 e. The number of aromatic nitrogens is 2. The van der Waals surface area contributed by atoms with Crippen LogP contribution in [0, 0.1) is 6.92 Å². The third-order valence-electron chi connectivity index (χ3n) is 4.67. The Morgan fingerprint density at radius 3 is 2.65 bits per heavy atom. The van der Waals surface area contributed by atoms with Gasteiger partial charge >= 0.3 is 0 Å². The number of piperazine rings is 1. The quantitative estimate of drug-likeness (QED) is 0.781. The monoisotopic (exact) mass is 352 g/mol. The van der Waals surface area contributed by atoms with E-state index in [9.17, 15) is 9.59 Å². The van der Waals surface area contributed by atoms with E-state index in [1.165, 1.54) is 0 Å². The fourth-order valence-electron chi connectivity index (χ4n) is 3.27. The number of H-pyrrole nitrogens is 1. The van der Waals surface area contributed by atoms with E-state index < -0.39 is 0 Å². The molecular weight excluding hydrogens is 332 g/mol. The summed E-state index contributed by atoms with van der Waals surface area (Å²) in [5.74, 6) is 0.620. The number of amides is 2. The van der Waals surface area contributed by atoms with Crippen molar-refractivity contribution in [2.45, 2.75) is 13.3 Å². The fraction of sp³-hybridized carbons (Fsp3) is 0.316. The molecule has 1 aliphatic heterocycles. The standard InChI is InChI=1S/C19H20N4O3/c1-13-21-16-5-4-14(11-17(16)26-13)19(25)23-9-7-22(8-10-23)18(24)12-15-3-2-6-20-15/h2-6,11,20H,7-10,12H2,1H3. The summed E-state index contributed by atoms with van der Waals surface area (Å²) in [7, 11) is 0. The Balaban J connectivity index is 1.38. The van der Waals surface area contributed by atoms with E-state index in [1.807, 2.05) is 23.2 Å². The van der Waals surface area contributed by atoms with Crippen molar-refractivity contribution in [2.75, 3.05) is 26.2 Å². The molecule has 1 aliphatic rings. The number of nitrogens with zero attached hydrogens (tertiary/aromatic N) is 3. The van der Waals surface area contributed by atoms with Crippen molar-refractivity contribution in [1.29, 1.82) is 0 Å². The van der Waals surface area contributed by atoms with Gasteiger partial charge in [-0.15, -0.1) is 0 Å². The predicted octanol–water partition coefficient (Wildman–Crippen LogP) is 1.99. The molecule has 0 radical (unpaired) electrons. The first-order valence-corrected chi connectivity index (χ1v) is 8.66. The molecule has 2 amide bonds. The van der Waals surface area contributed by atoms with Gasteiger partial charge in [-0.25, -0.2) is 4.98 Å². The number of oxazole rings is 1. The van der Waals surface area contributed by atoms with Crippen LogP contribution < -0.4 is 0 Å². The van der Waals surface area contributed by atoms with Crippen molar-refractivity contribution in [3.05, 3.63) is 53.7 Å². The van der Waals surface area contributed by atoms with Gasteiger partial charge in [0.25, 0.3) is 5.91 Å². The Labute approximate surface area is 150 Å². The molecule has 2 aromatic heterocycles. The number of aromatic amines is 1. The van der Waals surface area contributed by atoms with Crippen LogP contribution in [0.1, 0.15) is 21.9 Å². The minimum Gasteiger partial charge on any atom is -0.441 e. The lowest BCUT2D eigenvalue weighted by molar-refractivity contribution is -0.132. The minimum atomic E-state index is -0.0441. The van der Waals surface area contributed by atoms with Crippen LogP contribution >= 0.6 is 0 Å². The molecule has 0 aliphatic carbocycles.